The van der Waals surface area contributed by atoms with Gasteiger partial charge in [0.2, 0.25) is 0 Å². The summed E-state index contributed by atoms with van der Waals surface area (Å²) in [4.78, 5) is 11.2. The number of carbonyl (C=O) groups excluding carboxylic acids is 1. The Morgan fingerprint density at radius 3 is 2.90 bits per heavy atom. The maximum Gasteiger partial charge on any atom is 0.135 e. The lowest BCUT2D eigenvalue weighted by molar-refractivity contribution is -0.124. The van der Waals surface area contributed by atoms with Gasteiger partial charge in [0.25, 0.3) is 0 Å². The Hall–Kier alpha value is -0.330. The lowest BCUT2D eigenvalue weighted by Crippen LogP contribution is -2.18. The highest BCUT2D eigenvalue weighted by Crippen LogP contribution is 2.23. The van der Waals surface area contributed by atoms with Gasteiger partial charge < -0.3 is 0 Å². The molecule has 0 N–H and O–H groups in total. The zero-order valence-electron chi connectivity index (χ0n) is 6.73. The molecule has 0 bridgehead atoms. The molecule has 0 radical (unpaired) electrons. The topological polar surface area (TPSA) is 17.1 Å². The van der Waals surface area contributed by atoms with Gasteiger partial charge in [0.15, 0.2) is 0 Å². The molecule has 1 aliphatic carbocycles. The average Bonchev–Trinajstić information content (AvgIpc) is 1.94. The Labute approximate surface area is 62.8 Å². The minimum atomic E-state index is 0.429. The van der Waals surface area contributed by atoms with Crippen molar-refractivity contribution in [2.75, 3.05) is 0 Å². The van der Waals surface area contributed by atoms with Crippen molar-refractivity contribution in [3.8, 4) is 0 Å². The minimum Gasteiger partial charge on any atom is -0.299 e. The van der Waals surface area contributed by atoms with Crippen LogP contribution in [-0.2, 0) is 4.79 Å². The lowest BCUT2D eigenvalue weighted by atomic mass is 9.85. The van der Waals surface area contributed by atoms with Gasteiger partial charge in [-0.05, 0) is 19.3 Å². The van der Waals surface area contributed by atoms with Gasteiger partial charge in [-0.15, -0.1) is 0 Å². The number of ketones is 1. The van der Waals surface area contributed by atoms with Crippen molar-refractivity contribution < 1.29 is 4.79 Å². The van der Waals surface area contributed by atoms with Gasteiger partial charge in [0, 0.05) is 12.3 Å². The summed E-state index contributed by atoms with van der Waals surface area (Å²) in [6.07, 6.45) is 6.71. The maximum atomic E-state index is 11.2. The Bertz CT molecular complexity index is 116. The van der Waals surface area contributed by atoms with Crippen molar-refractivity contribution in [3.05, 3.63) is 0 Å². The van der Waals surface area contributed by atoms with Crippen molar-refractivity contribution in [2.24, 2.45) is 5.92 Å². The van der Waals surface area contributed by atoms with E-state index in [1.807, 2.05) is 0 Å². The van der Waals surface area contributed by atoms with E-state index in [2.05, 4.69) is 6.92 Å². The number of rotatable bonds is 2. The van der Waals surface area contributed by atoms with Crippen molar-refractivity contribution in [1.29, 1.82) is 0 Å². The van der Waals surface area contributed by atoms with Gasteiger partial charge in [-0.3, -0.25) is 4.79 Å². The van der Waals surface area contributed by atoms with Crippen molar-refractivity contribution in [1.82, 2.24) is 0 Å². The second kappa shape index (κ2) is 3.75. The van der Waals surface area contributed by atoms with Gasteiger partial charge >= 0.3 is 0 Å². The van der Waals surface area contributed by atoms with E-state index in [0.29, 0.717) is 11.7 Å². The molecule has 0 saturated heterocycles. The summed E-state index contributed by atoms with van der Waals surface area (Å²) in [6.45, 7) is 2.15. The van der Waals surface area contributed by atoms with E-state index < -0.39 is 0 Å². The molecule has 0 unspecified atom stereocenters. The van der Waals surface area contributed by atoms with Gasteiger partial charge in [-0.25, -0.2) is 0 Å². The van der Waals surface area contributed by atoms with Gasteiger partial charge in [0.05, 0.1) is 0 Å². The fourth-order valence-electron chi connectivity index (χ4n) is 1.71. The normalized spacial score (nSPS) is 26.9. The zero-order valence-corrected chi connectivity index (χ0v) is 6.73. The third-order valence-corrected chi connectivity index (χ3v) is 2.32. The third kappa shape index (κ3) is 1.83. The van der Waals surface area contributed by atoms with Crippen molar-refractivity contribution >= 4 is 5.78 Å². The van der Waals surface area contributed by atoms with Crippen LogP contribution in [0.15, 0.2) is 0 Å². The number of hydrogen-bond donors (Lipinski definition) is 0. The molecule has 0 spiro atoms. The molecular formula is C9H16O. The molecule has 0 aromatic carbocycles. The summed E-state index contributed by atoms with van der Waals surface area (Å²) in [6, 6.07) is 0. The van der Waals surface area contributed by atoms with Crippen LogP contribution in [0.5, 0.6) is 0 Å². The van der Waals surface area contributed by atoms with Crippen LogP contribution in [-0.4, -0.2) is 5.78 Å². The minimum absolute atomic E-state index is 0.429. The van der Waals surface area contributed by atoms with Crippen LogP contribution < -0.4 is 0 Å². The van der Waals surface area contributed by atoms with Crippen molar-refractivity contribution in [3.63, 3.8) is 0 Å². The Balaban J connectivity index is 2.32. The molecule has 1 saturated carbocycles. The van der Waals surface area contributed by atoms with Crippen LogP contribution in [0.2, 0.25) is 0 Å². The molecule has 1 aliphatic rings. The second-order valence-electron chi connectivity index (χ2n) is 3.20. The van der Waals surface area contributed by atoms with E-state index in [9.17, 15) is 4.79 Å². The highest BCUT2D eigenvalue weighted by Gasteiger charge is 2.20. The van der Waals surface area contributed by atoms with Gasteiger partial charge in [-0.2, -0.15) is 0 Å². The van der Waals surface area contributed by atoms with E-state index in [1.54, 1.807) is 0 Å². The first kappa shape index (κ1) is 7.77. The van der Waals surface area contributed by atoms with Crippen LogP contribution in [0.4, 0.5) is 0 Å². The first-order valence-electron chi connectivity index (χ1n) is 4.37. The highest BCUT2D eigenvalue weighted by atomic mass is 16.1. The molecule has 0 heterocycles. The molecule has 1 rings (SSSR count). The van der Waals surface area contributed by atoms with Crippen LogP contribution in [0.3, 0.4) is 0 Å². The standard InChI is InChI=1S/C9H16O/c1-2-5-8-6-3-4-7-9(8)10/h8H,2-7H2,1H3/t8-/m1/s1. The van der Waals surface area contributed by atoms with E-state index in [1.165, 1.54) is 6.42 Å². The summed E-state index contributed by atoms with van der Waals surface area (Å²) >= 11 is 0. The first-order valence-corrected chi connectivity index (χ1v) is 4.37. The lowest BCUT2D eigenvalue weighted by Gasteiger charge is -2.19. The van der Waals surface area contributed by atoms with Crippen LogP contribution in [0.25, 0.3) is 0 Å². The summed E-state index contributed by atoms with van der Waals surface area (Å²) in [7, 11) is 0. The molecule has 0 aliphatic heterocycles. The Kier molecular flexibility index (Phi) is 2.91. The number of hydrogen-bond acceptors (Lipinski definition) is 1. The van der Waals surface area contributed by atoms with E-state index in [4.69, 9.17) is 0 Å². The molecule has 10 heavy (non-hydrogen) atoms. The van der Waals surface area contributed by atoms with Crippen LogP contribution in [0.1, 0.15) is 45.4 Å². The Morgan fingerprint density at radius 2 is 2.30 bits per heavy atom. The van der Waals surface area contributed by atoms with Crippen molar-refractivity contribution in [2.45, 2.75) is 45.4 Å². The monoisotopic (exact) mass is 140 g/mol. The number of carbonyl (C=O) groups is 1. The van der Waals surface area contributed by atoms with E-state index in [0.717, 1.165) is 32.1 Å². The molecule has 0 aromatic heterocycles. The van der Waals surface area contributed by atoms with Gasteiger partial charge in [0.1, 0.15) is 5.78 Å². The predicted octanol–water partition coefficient (Wildman–Crippen LogP) is 2.55. The van der Waals surface area contributed by atoms with Crippen LogP contribution >= 0.6 is 0 Å². The first-order chi connectivity index (χ1) is 4.84. The molecule has 1 nitrogen and oxygen atoms in total. The zero-order chi connectivity index (χ0) is 7.40. The maximum absolute atomic E-state index is 11.2. The fourth-order valence-corrected chi connectivity index (χ4v) is 1.71. The summed E-state index contributed by atoms with van der Waals surface area (Å²) in [5.41, 5.74) is 0. The summed E-state index contributed by atoms with van der Waals surface area (Å²) < 4.78 is 0. The average molecular weight is 140 g/mol. The van der Waals surface area contributed by atoms with Gasteiger partial charge in [-0.1, -0.05) is 19.8 Å². The molecule has 0 amide bonds. The van der Waals surface area contributed by atoms with Crippen LogP contribution in [0, 0.1) is 5.92 Å². The quantitative estimate of drug-likeness (QED) is 0.576. The smallest absolute Gasteiger partial charge is 0.135 e. The molecule has 1 fully saturated rings. The number of Topliss-reactive ketones (excluding diaryl/α,β-unsaturated/α-hetero) is 1. The third-order valence-electron chi connectivity index (χ3n) is 2.32. The van der Waals surface area contributed by atoms with E-state index >= 15 is 0 Å². The molecule has 1 atom stereocenters. The molecule has 0 aromatic rings. The summed E-state index contributed by atoms with van der Waals surface area (Å²) in [5, 5.41) is 0. The largest absolute Gasteiger partial charge is 0.299 e. The molecular weight excluding hydrogens is 124 g/mol. The molecule has 1 heteroatoms. The predicted molar refractivity (Wildman–Crippen MR) is 41.9 cm³/mol. The Morgan fingerprint density at radius 1 is 1.50 bits per heavy atom. The summed E-state index contributed by atoms with van der Waals surface area (Å²) in [5.74, 6) is 0.951. The molecule has 58 valence electrons. The second-order valence-corrected chi connectivity index (χ2v) is 3.20. The van der Waals surface area contributed by atoms with E-state index in [-0.39, 0.29) is 0 Å². The highest BCUT2D eigenvalue weighted by molar-refractivity contribution is 5.81. The fraction of sp³-hybridized carbons (Fsp3) is 0.889. The SMILES string of the molecule is CCC[C@@H]1CCCCC1=O.